The fourth-order valence-corrected chi connectivity index (χ4v) is 2.21. The normalized spacial score (nSPS) is 19.9. The largest absolute Gasteiger partial charge is 0.380 e. The highest BCUT2D eigenvalue weighted by atomic mass is 16.5. The summed E-state index contributed by atoms with van der Waals surface area (Å²) in [5, 5.41) is 0. The third-order valence-corrected chi connectivity index (χ3v) is 2.89. The van der Waals surface area contributed by atoms with E-state index in [9.17, 15) is 4.79 Å². The number of rotatable bonds is 3. The van der Waals surface area contributed by atoms with Crippen molar-refractivity contribution in [2.24, 2.45) is 11.1 Å². The Kier molecular flexibility index (Phi) is 5.40. The van der Waals surface area contributed by atoms with E-state index in [4.69, 9.17) is 10.5 Å². The van der Waals surface area contributed by atoms with E-state index in [0.717, 1.165) is 26.0 Å². The summed E-state index contributed by atoms with van der Waals surface area (Å²) >= 11 is 0. The van der Waals surface area contributed by atoms with Crippen LogP contribution < -0.4 is 5.73 Å². The lowest BCUT2D eigenvalue weighted by atomic mass is 9.87. The molecule has 100 valence electrons. The number of hydrogen-bond donors (Lipinski definition) is 1. The van der Waals surface area contributed by atoms with E-state index in [-0.39, 0.29) is 17.4 Å². The number of hydrogen-bond acceptors (Lipinski definition) is 3. The van der Waals surface area contributed by atoms with Crippen LogP contribution in [0.2, 0.25) is 0 Å². The van der Waals surface area contributed by atoms with Gasteiger partial charge >= 0.3 is 0 Å². The standard InChI is InChI=1S/C13H26N2O2/c1-13(2,3)10-11(14)9-12(16)15-5-4-7-17-8-6-15/h11H,4-10,14H2,1-3H3. The minimum absolute atomic E-state index is 0.0355. The van der Waals surface area contributed by atoms with Gasteiger partial charge in [0.05, 0.1) is 6.61 Å². The molecule has 0 spiro atoms. The lowest BCUT2D eigenvalue weighted by molar-refractivity contribution is -0.131. The van der Waals surface area contributed by atoms with Gasteiger partial charge in [0.25, 0.3) is 0 Å². The van der Waals surface area contributed by atoms with E-state index in [1.807, 2.05) is 4.90 Å². The van der Waals surface area contributed by atoms with Gasteiger partial charge in [0.1, 0.15) is 0 Å². The molecule has 1 saturated heterocycles. The van der Waals surface area contributed by atoms with Gasteiger partial charge in [-0.3, -0.25) is 4.79 Å². The molecular weight excluding hydrogens is 216 g/mol. The lowest BCUT2D eigenvalue weighted by Crippen LogP contribution is -2.38. The van der Waals surface area contributed by atoms with Crippen LogP contribution in [0.4, 0.5) is 0 Å². The van der Waals surface area contributed by atoms with Crippen molar-refractivity contribution >= 4 is 5.91 Å². The van der Waals surface area contributed by atoms with Crippen LogP contribution in [0.5, 0.6) is 0 Å². The molecule has 2 N–H and O–H groups in total. The summed E-state index contributed by atoms with van der Waals surface area (Å²) in [5.74, 6) is 0.173. The minimum atomic E-state index is -0.0355. The van der Waals surface area contributed by atoms with Gasteiger partial charge < -0.3 is 15.4 Å². The second-order valence-electron chi connectivity index (χ2n) is 6.08. The number of carbonyl (C=O) groups is 1. The van der Waals surface area contributed by atoms with Crippen molar-refractivity contribution in [2.75, 3.05) is 26.3 Å². The summed E-state index contributed by atoms with van der Waals surface area (Å²) in [6.45, 7) is 9.38. The van der Waals surface area contributed by atoms with Gasteiger partial charge in [0.15, 0.2) is 0 Å². The second kappa shape index (κ2) is 6.36. The molecule has 0 aliphatic carbocycles. The molecule has 17 heavy (non-hydrogen) atoms. The van der Waals surface area contributed by atoms with Gasteiger partial charge in [0.2, 0.25) is 5.91 Å². The summed E-state index contributed by atoms with van der Waals surface area (Å²) < 4.78 is 5.34. The first-order valence-electron chi connectivity index (χ1n) is 6.49. The monoisotopic (exact) mass is 242 g/mol. The molecular formula is C13H26N2O2. The fraction of sp³-hybridized carbons (Fsp3) is 0.923. The van der Waals surface area contributed by atoms with E-state index in [1.54, 1.807) is 0 Å². The highest BCUT2D eigenvalue weighted by Gasteiger charge is 2.21. The fourth-order valence-electron chi connectivity index (χ4n) is 2.21. The zero-order valence-corrected chi connectivity index (χ0v) is 11.4. The molecule has 1 amide bonds. The zero-order chi connectivity index (χ0) is 12.9. The molecule has 0 aromatic heterocycles. The Morgan fingerprint density at radius 3 is 2.71 bits per heavy atom. The zero-order valence-electron chi connectivity index (χ0n) is 11.4. The Bertz CT molecular complexity index is 240. The van der Waals surface area contributed by atoms with Crippen LogP contribution in [-0.2, 0) is 9.53 Å². The van der Waals surface area contributed by atoms with E-state index in [2.05, 4.69) is 20.8 Å². The second-order valence-corrected chi connectivity index (χ2v) is 6.08. The molecule has 1 aliphatic heterocycles. The maximum Gasteiger partial charge on any atom is 0.224 e. The smallest absolute Gasteiger partial charge is 0.224 e. The SMILES string of the molecule is CC(C)(C)CC(N)CC(=O)N1CCCOCC1. The number of nitrogens with zero attached hydrogens (tertiary/aromatic N) is 1. The molecule has 1 heterocycles. The highest BCUT2D eigenvalue weighted by molar-refractivity contribution is 5.76. The first-order valence-corrected chi connectivity index (χ1v) is 6.49. The Balaban J connectivity index is 2.36. The number of carbonyl (C=O) groups excluding carboxylic acids is 1. The predicted molar refractivity (Wildman–Crippen MR) is 68.7 cm³/mol. The van der Waals surface area contributed by atoms with Gasteiger partial charge in [0, 0.05) is 32.2 Å². The number of nitrogens with two attached hydrogens (primary N) is 1. The Hall–Kier alpha value is -0.610. The lowest BCUT2D eigenvalue weighted by Gasteiger charge is -2.25. The van der Waals surface area contributed by atoms with E-state index in [0.29, 0.717) is 19.6 Å². The topological polar surface area (TPSA) is 55.6 Å². The van der Waals surface area contributed by atoms with Crippen molar-refractivity contribution in [3.63, 3.8) is 0 Å². The van der Waals surface area contributed by atoms with Gasteiger partial charge in [-0.05, 0) is 18.3 Å². The molecule has 0 bridgehead atoms. The van der Waals surface area contributed by atoms with Gasteiger partial charge in [-0.2, -0.15) is 0 Å². The average molecular weight is 242 g/mol. The van der Waals surface area contributed by atoms with Crippen LogP contribution in [0.15, 0.2) is 0 Å². The molecule has 0 saturated carbocycles. The first kappa shape index (κ1) is 14.5. The molecule has 0 aromatic carbocycles. The summed E-state index contributed by atoms with van der Waals surface area (Å²) in [5.41, 5.74) is 6.21. The van der Waals surface area contributed by atoms with Crippen molar-refractivity contribution < 1.29 is 9.53 Å². The highest BCUT2D eigenvalue weighted by Crippen LogP contribution is 2.21. The number of amides is 1. The molecule has 0 radical (unpaired) electrons. The van der Waals surface area contributed by atoms with Crippen LogP contribution in [0.3, 0.4) is 0 Å². The molecule has 1 fully saturated rings. The molecule has 1 unspecified atom stereocenters. The number of ether oxygens (including phenoxy) is 1. The van der Waals surface area contributed by atoms with Gasteiger partial charge in [-0.25, -0.2) is 0 Å². The van der Waals surface area contributed by atoms with Crippen LogP contribution in [0.1, 0.15) is 40.0 Å². The minimum Gasteiger partial charge on any atom is -0.380 e. The summed E-state index contributed by atoms with van der Waals surface area (Å²) in [7, 11) is 0. The summed E-state index contributed by atoms with van der Waals surface area (Å²) in [4.78, 5) is 13.9. The molecule has 4 nitrogen and oxygen atoms in total. The molecule has 1 atom stereocenters. The van der Waals surface area contributed by atoms with Gasteiger partial charge in [-0.1, -0.05) is 20.8 Å². The Labute approximate surface area is 104 Å². The summed E-state index contributed by atoms with van der Waals surface area (Å²) in [6.07, 6.45) is 2.26. The van der Waals surface area contributed by atoms with Crippen LogP contribution in [0, 0.1) is 5.41 Å². The van der Waals surface area contributed by atoms with E-state index < -0.39 is 0 Å². The van der Waals surface area contributed by atoms with E-state index >= 15 is 0 Å². The molecule has 1 rings (SSSR count). The maximum absolute atomic E-state index is 12.0. The molecule has 0 aromatic rings. The summed E-state index contributed by atoms with van der Waals surface area (Å²) in [6, 6.07) is -0.0355. The van der Waals surface area contributed by atoms with Crippen molar-refractivity contribution in [2.45, 2.75) is 46.1 Å². The third kappa shape index (κ3) is 6.03. The molecule has 1 aliphatic rings. The third-order valence-electron chi connectivity index (χ3n) is 2.89. The van der Waals surface area contributed by atoms with Crippen molar-refractivity contribution in [1.82, 2.24) is 4.90 Å². The quantitative estimate of drug-likeness (QED) is 0.813. The van der Waals surface area contributed by atoms with Crippen LogP contribution >= 0.6 is 0 Å². The maximum atomic E-state index is 12.0. The van der Waals surface area contributed by atoms with Crippen molar-refractivity contribution in [3.8, 4) is 0 Å². The van der Waals surface area contributed by atoms with Crippen LogP contribution in [0.25, 0.3) is 0 Å². The molecule has 4 heteroatoms. The van der Waals surface area contributed by atoms with Crippen molar-refractivity contribution in [3.05, 3.63) is 0 Å². The first-order chi connectivity index (χ1) is 7.88. The van der Waals surface area contributed by atoms with Crippen molar-refractivity contribution in [1.29, 1.82) is 0 Å². The van der Waals surface area contributed by atoms with Crippen LogP contribution in [-0.4, -0.2) is 43.2 Å². The Morgan fingerprint density at radius 1 is 1.35 bits per heavy atom. The average Bonchev–Trinajstić information content (AvgIpc) is 2.41. The van der Waals surface area contributed by atoms with E-state index in [1.165, 1.54) is 0 Å². The van der Waals surface area contributed by atoms with Gasteiger partial charge in [-0.15, -0.1) is 0 Å². The Morgan fingerprint density at radius 2 is 2.06 bits per heavy atom. The predicted octanol–water partition coefficient (Wildman–Crippen LogP) is 1.39.